The number of carbonyl (C=O) groups is 1. The molecular weight excluding hydrogens is 303 g/mol. The molecule has 0 aliphatic rings. The minimum atomic E-state index is -1.45. The van der Waals surface area contributed by atoms with Gasteiger partial charge in [0, 0.05) is 9.92 Å². The lowest BCUT2D eigenvalue weighted by molar-refractivity contribution is 0.0691. The molecule has 2 aromatic carbocycles. The van der Waals surface area contributed by atoms with Crippen LogP contribution in [0.25, 0.3) is 0 Å². The molecule has 0 saturated heterocycles. The summed E-state index contributed by atoms with van der Waals surface area (Å²) in [7, 11) is -1.45. The molecule has 0 spiro atoms. The lowest BCUT2D eigenvalue weighted by Crippen LogP contribution is -2.03. The molecule has 1 atom stereocenters. The minimum absolute atomic E-state index is 0.210. The number of carboxylic acid groups (broad SMARTS) is 1. The highest BCUT2D eigenvalue weighted by molar-refractivity contribution is 7.84. The summed E-state index contributed by atoms with van der Waals surface area (Å²) in [4.78, 5) is 11.1. The van der Waals surface area contributed by atoms with Crippen molar-refractivity contribution in [1.82, 2.24) is 0 Å². The number of aromatic carboxylic acids is 1. The predicted octanol–water partition coefficient (Wildman–Crippen LogP) is 3.49. The first-order valence-electron chi connectivity index (χ1n) is 5.63. The number of hydrogen-bond acceptors (Lipinski definition) is 2. The molecule has 0 heterocycles. The monoisotopic (exact) mass is 312 g/mol. The molecular formula is C14H10ClFO3S. The Bertz CT molecular complexity index is 671. The van der Waals surface area contributed by atoms with Gasteiger partial charge in [-0.3, -0.25) is 4.21 Å². The fourth-order valence-corrected chi connectivity index (χ4v) is 2.88. The zero-order valence-electron chi connectivity index (χ0n) is 10.2. The summed E-state index contributed by atoms with van der Waals surface area (Å²) in [6.45, 7) is 0. The molecule has 6 heteroatoms. The topological polar surface area (TPSA) is 54.4 Å². The summed E-state index contributed by atoms with van der Waals surface area (Å²) in [5, 5.41) is 9.42. The molecule has 0 saturated carbocycles. The second-order valence-electron chi connectivity index (χ2n) is 4.06. The molecule has 0 fully saturated rings. The van der Waals surface area contributed by atoms with E-state index in [1.165, 1.54) is 6.07 Å². The third-order valence-corrected chi connectivity index (χ3v) is 4.27. The quantitative estimate of drug-likeness (QED) is 0.940. The van der Waals surface area contributed by atoms with Crippen LogP contribution in [0.4, 0.5) is 4.39 Å². The fourth-order valence-electron chi connectivity index (χ4n) is 1.63. The number of carboxylic acids is 1. The van der Waals surface area contributed by atoms with Crippen LogP contribution in [0.2, 0.25) is 5.02 Å². The van der Waals surface area contributed by atoms with Gasteiger partial charge in [0.1, 0.15) is 5.82 Å². The van der Waals surface area contributed by atoms with Crippen LogP contribution in [0, 0.1) is 5.82 Å². The molecule has 2 rings (SSSR count). The van der Waals surface area contributed by atoms with Crippen molar-refractivity contribution >= 4 is 28.4 Å². The number of hydrogen-bond donors (Lipinski definition) is 1. The van der Waals surface area contributed by atoms with Gasteiger partial charge in [0.2, 0.25) is 0 Å². The second-order valence-corrected chi connectivity index (χ2v) is 5.95. The smallest absolute Gasteiger partial charge is 0.338 e. The summed E-state index contributed by atoms with van der Waals surface area (Å²) in [5.74, 6) is -2.01. The van der Waals surface area contributed by atoms with Crippen molar-refractivity contribution in [2.45, 2.75) is 10.6 Å². The van der Waals surface area contributed by atoms with Crippen LogP contribution < -0.4 is 0 Å². The van der Waals surface area contributed by atoms with Crippen molar-refractivity contribution in [2.75, 3.05) is 0 Å². The molecule has 0 amide bonds. The van der Waals surface area contributed by atoms with Crippen LogP contribution in [0.5, 0.6) is 0 Å². The summed E-state index contributed by atoms with van der Waals surface area (Å²) < 4.78 is 25.4. The Kier molecular flexibility index (Phi) is 4.52. The van der Waals surface area contributed by atoms with E-state index in [1.54, 1.807) is 24.3 Å². The summed E-state index contributed by atoms with van der Waals surface area (Å²) in [5.41, 5.74) is 0.320. The highest BCUT2D eigenvalue weighted by atomic mass is 35.5. The summed E-state index contributed by atoms with van der Waals surface area (Å²) in [6.07, 6.45) is 0. The van der Waals surface area contributed by atoms with Crippen molar-refractivity contribution in [1.29, 1.82) is 0 Å². The van der Waals surface area contributed by atoms with Gasteiger partial charge in [-0.15, -0.1) is 0 Å². The van der Waals surface area contributed by atoms with E-state index in [1.807, 2.05) is 0 Å². The van der Waals surface area contributed by atoms with Gasteiger partial charge in [-0.1, -0.05) is 23.7 Å². The fraction of sp³-hybridized carbons (Fsp3) is 0.0714. The Balaban J connectivity index is 2.23. The molecule has 20 heavy (non-hydrogen) atoms. The molecule has 0 aromatic heterocycles. The maximum absolute atomic E-state index is 13.3. The van der Waals surface area contributed by atoms with Crippen LogP contribution in [0.15, 0.2) is 47.4 Å². The first-order valence-corrected chi connectivity index (χ1v) is 7.33. The third-order valence-electron chi connectivity index (χ3n) is 2.64. The predicted molar refractivity (Wildman–Crippen MR) is 74.9 cm³/mol. The Morgan fingerprint density at radius 2 is 1.85 bits per heavy atom. The van der Waals surface area contributed by atoms with E-state index in [9.17, 15) is 13.4 Å². The van der Waals surface area contributed by atoms with Crippen molar-refractivity contribution in [3.8, 4) is 0 Å². The Morgan fingerprint density at radius 3 is 2.45 bits per heavy atom. The van der Waals surface area contributed by atoms with E-state index in [2.05, 4.69) is 0 Å². The lowest BCUT2D eigenvalue weighted by atomic mass is 10.2. The number of halogens is 2. The van der Waals surface area contributed by atoms with Gasteiger partial charge in [-0.05, 0) is 35.9 Å². The average Bonchev–Trinajstić information content (AvgIpc) is 2.41. The van der Waals surface area contributed by atoms with Gasteiger partial charge < -0.3 is 5.11 Å². The second kappa shape index (κ2) is 6.15. The zero-order chi connectivity index (χ0) is 14.7. The molecule has 0 radical (unpaired) electrons. The van der Waals surface area contributed by atoms with Crippen LogP contribution in [0.1, 0.15) is 15.9 Å². The Morgan fingerprint density at radius 1 is 1.20 bits per heavy atom. The van der Waals surface area contributed by atoms with E-state index in [-0.39, 0.29) is 10.6 Å². The van der Waals surface area contributed by atoms with Gasteiger partial charge in [0.05, 0.1) is 22.1 Å². The summed E-state index contributed by atoms with van der Waals surface area (Å²) >= 11 is 5.76. The van der Waals surface area contributed by atoms with Crippen molar-refractivity contribution in [2.24, 2.45) is 0 Å². The van der Waals surface area contributed by atoms with E-state index >= 15 is 0 Å². The third kappa shape index (κ3) is 3.43. The Hall–Kier alpha value is -1.72. The Labute approximate surface area is 122 Å². The SMILES string of the molecule is O=C(O)c1cc(S(=O)Cc2ccc(Cl)cc2)ccc1F. The maximum Gasteiger partial charge on any atom is 0.338 e. The largest absolute Gasteiger partial charge is 0.478 e. The van der Waals surface area contributed by atoms with Crippen LogP contribution >= 0.6 is 11.6 Å². The molecule has 0 aliphatic heterocycles. The maximum atomic E-state index is 13.3. The van der Waals surface area contributed by atoms with Gasteiger partial charge >= 0.3 is 5.97 Å². The molecule has 3 nitrogen and oxygen atoms in total. The first-order chi connectivity index (χ1) is 9.47. The minimum Gasteiger partial charge on any atom is -0.478 e. The van der Waals surface area contributed by atoms with Crippen molar-refractivity contribution in [3.05, 3.63) is 64.4 Å². The van der Waals surface area contributed by atoms with Crippen LogP contribution in [0.3, 0.4) is 0 Å². The van der Waals surface area contributed by atoms with Crippen LogP contribution in [-0.4, -0.2) is 15.3 Å². The van der Waals surface area contributed by atoms with Crippen molar-refractivity contribution < 1.29 is 18.5 Å². The number of benzene rings is 2. The zero-order valence-corrected chi connectivity index (χ0v) is 11.7. The molecule has 0 aliphatic carbocycles. The van der Waals surface area contributed by atoms with Crippen molar-refractivity contribution in [3.63, 3.8) is 0 Å². The highest BCUT2D eigenvalue weighted by Gasteiger charge is 2.14. The molecule has 0 bridgehead atoms. The molecule has 1 unspecified atom stereocenters. The summed E-state index contributed by atoms with van der Waals surface area (Å²) in [6, 6.07) is 10.3. The van der Waals surface area contributed by atoms with Crippen LogP contribution in [-0.2, 0) is 16.6 Å². The van der Waals surface area contributed by atoms with E-state index < -0.39 is 28.1 Å². The molecule has 2 aromatic rings. The normalized spacial score (nSPS) is 12.1. The van der Waals surface area contributed by atoms with E-state index in [4.69, 9.17) is 16.7 Å². The van der Waals surface area contributed by atoms with Gasteiger partial charge in [-0.25, -0.2) is 9.18 Å². The molecule has 1 N–H and O–H groups in total. The number of rotatable bonds is 4. The lowest BCUT2D eigenvalue weighted by Gasteiger charge is -2.05. The average molecular weight is 313 g/mol. The first kappa shape index (κ1) is 14.7. The van der Waals surface area contributed by atoms with E-state index in [0.717, 1.165) is 17.7 Å². The highest BCUT2D eigenvalue weighted by Crippen LogP contribution is 2.18. The van der Waals surface area contributed by atoms with E-state index in [0.29, 0.717) is 5.02 Å². The van der Waals surface area contributed by atoms with Gasteiger partial charge in [0.15, 0.2) is 0 Å². The molecule has 104 valence electrons. The standard InChI is InChI=1S/C14H10ClFO3S/c15-10-3-1-9(2-4-10)8-20(19)11-5-6-13(16)12(7-11)14(17)18/h1-7H,8H2,(H,17,18). The van der Waals surface area contributed by atoms with Gasteiger partial charge in [0.25, 0.3) is 0 Å². The van der Waals surface area contributed by atoms with Gasteiger partial charge in [-0.2, -0.15) is 0 Å².